The first kappa shape index (κ1) is 23.5. The second-order valence-electron chi connectivity index (χ2n) is 10.00. The van der Waals surface area contributed by atoms with Crippen molar-refractivity contribution in [1.29, 1.82) is 0 Å². The van der Waals surface area contributed by atoms with Crippen molar-refractivity contribution in [3.63, 3.8) is 0 Å². The molecule has 0 aromatic heterocycles. The third-order valence-electron chi connectivity index (χ3n) is 7.77. The van der Waals surface area contributed by atoms with E-state index < -0.39 is 0 Å². The van der Waals surface area contributed by atoms with Gasteiger partial charge in [-0.3, -0.25) is 0 Å². The molecular formula is C30H42O2. The lowest BCUT2D eigenvalue weighted by Gasteiger charge is -2.30. The summed E-state index contributed by atoms with van der Waals surface area (Å²) in [7, 11) is 0. The average Bonchev–Trinajstić information content (AvgIpc) is 2.87. The highest BCUT2D eigenvalue weighted by atomic mass is 16.6. The van der Waals surface area contributed by atoms with Crippen molar-refractivity contribution < 1.29 is 9.47 Å². The van der Waals surface area contributed by atoms with Crippen LogP contribution in [0.25, 0.3) is 11.1 Å². The van der Waals surface area contributed by atoms with Crippen LogP contribution >= 0.6 is 0 Å². The summed E-state index contributed by atoms with van der Waals surface area (Å²) in [6.07, 6.45) is 13.5. The number of benzene rings is 2. The third-order valence-corrected chi connectivity index (χ3v) is 7.77. The third kappa shape index (κ3) is 6.23. The predicted octanol–water partition coefficient (Wildman–Crippen LogP) is 8.46. The molecule has 0 radical (unpaired) electrons. The van der Waals surface area contributed by atoms with Crippen LogP contribution in [0.4, 0.5) is 0 Å². The largest absolute Gasteiger partial charge is 0.373 e. The van der Waals surface area contributed by atoms with E-state index in [1.165, 1.54) is 80.0 Å². The van der Waals surface area contributed by atoms with Gasteiger partial charge in [0.2, 0.25) is 0 Å². The van der Waals surface area contributed by atoms with Gasteiger partial charge in [-0.1, -0.05) is 94.5 Å². The Morgan fingerprint density at radius 2 is 1.34 bits per heavy atom. The molecule has 1 saturated heterocycles. The monoisotopic (exact) mass is 434 g/mol. The van der Waals surface area contributed by atoms with Crippen molar-refractivity contribution in [2.24, 2.45) is 5.92 Å². The lowest BCUT2D eigenvalue weighted by atomic mass is 9.77. The van der Waals surface area contributed by atoms with Gasteiger partial charge >= 0.3 is 0 Å². The topological polar surface area (TPSA) is 18.5 Å². The quantitative estimate of drug-likeness (QED) is 0.368. The molecule has 2 fully saturated rings. The van der Waals surface area contributed by atoms with Crippen LogP contribution in [0.15, 0.2) is 48.5 Å². The van der Waals surface area contributed by atoms with Crippen LogP contribution in [-0.4, -0.2) is 19.3 Å². The van der Waals surface area contributed by atoms with Crippen LogP contribution in [0, 0.1) is 5.92 Å². The molecule has 1 heterocycles. The summed E-state index contributed by atoms with van der Waals surface area (Å²) in [5.74, 6) is 1.72. The SMILES string of the molecule is CCCCCC[C@H]1CO[C@H](c2ccc(-c3ccc(C4CCC(CC)CC4)cc3)cc2)CO1. The fourth-order valence-corrected chi connectivity index (χ4v) is 5.44. The van der Waals surface area contributed by atoms with Crippen molar-refractivity contribution in [3.05, 3.63) is 59.7 Å². The summed E-state index contributed by atoms with van der Waals surface area (Å²) in [5, 5.41) is 0. The maximum Gasteiger partial charge on any atom is 0.106 e. The zero-order valence-corrected chi connectivity index (χ0v) is 20.2. The van der Waals surface area contributed by atoms with Crippen LogP contribution in [0.1, 0.15) is 101 Å². The van der Waals surface area contributed by atoms with E-state index in [9.17, 15) is 0 Å². The first-order valence-corrected chi connectivity index (χ1v) is 13.2. The number of unbranched alkanes of at least 4 members (excludes halogenated alkanes) is 3. The Morgan fingerprint density at radius 1 is 0.688 bits per heavy atom. The molecule has 0 amide bonds. The Balaban J connectivity index is 1.28. The second-order valence-corrected chi connectivity index (χ2v) is 10.00. The predicted molar refractivity (Wildman–Crippen MR) is 134 cm³/mol. The Hall–Kier alpha value is -1.64. The molecule has 32 heavy (non-hydrogen) atoms. The molecule has 2 heteroatoms. The van der Waals surface area contributed by atoms with Crippen molar-refractivity contribution in [2.45, 2.75) is 96.2 Å². The second kappa shape index (κ2) is 12.0. The summed E-state index contributed by atoms with van der Waals surface area (Å²) in [4.78, 5) is 0. The summed E-state index contributed by atoms with van der Waals surface area (Å²) in [6.45, 7) is 5.99. The summed E-state index contributed by atoms with van der Waals surface area (Å²) in [5.41, 5.74) is 5.33. The van der Waals surface area contributed by atoms with E-state index in [4.69, 9.17) is 9.47 Å². The molecule has 2 aliphatic rings. The first-order chi connectivity index (χ1) is 15.8. The van der Waals surface area contributed by atoms with E-state index in [1.807, 2.05) is 0 Å². The van der Waals surface area contributed by atoms with E-state index >= 15 is 0 Å². The van der Waals surface area contributed by atoms with Crippen molar-refractivity contribution >= 4 is 0 Å². The molecule has 0 N–H and O–H groups in total. The highest BCUT2D eigenvalue weighted by molar-refractivity contribution is 5.64. The standard InChI is InChI=1S/C30H42O2/c1-3-5-6-7-8-29-21-32-30(22-31-29)28-19-17-27(18-20-28)26-15-13-25(14-16-26)24-11-9-23(4-2)10-12-24/h13-20,23-24,29-30H,3-12,21-22H2,1-2H3/t23?,24?,29-,30-/m0/s1. The fourth-order valence-electron chi connectivity index (χ4n) is 5.44. The molecule has 174 valence electrons. The van der Waals surface area contributed by atoms with Crippen LogP contribution in [0.3, 0.4) is 0 Å². The molecule has 2 nitrogen and oxygen atoms in total. The number of rotatable bonds is 9. The van der Waals surface area contributed by atoms with Crippen molar-refractivity contribution in [1.82, 2.24) is 0 Å². The van der Waals surface area contributed by atoms with Crippen LogP contribution in [0.2, 0.25) is 0 Å². The number of hydrogen-bond donors (Lipinski definition) is 0. The van der Waals surface area contributed by atoms with Gasteiger partial charge in [-0.15, -0.1) is 0 Å². The van der Waals surface area contributed by atoms with Crippen LogP contribution in [-0.2, 0) is 9.47 Å². The van der Waals surface area contributed by atoms with Gasteiger partial charge in [-0.2, -0.15) is 0 Å². The smallest absolute Gasteiger partial charge is 0.106 e. The zero-order chi connectivity index (χ0) is 22.2. The molecule has 0 unspecified atom stereocenters. The number of ether oxygens (including phenoxy) is 2. The Labute approximate surface area is 195 Å². The lowest BCUT2D eigenvalue weighted by Crippen LogP contribution is -2.31. The van der Waals surface area contributed by atoms with E-state index in [1.54, 1.807) is 0 Å². The first-order valence-electron chi connectivity index (χ1n) is 13.2. The molecule has 0 bridgehead atoms. The van der Waals surface area contributed by atoms with E-state index in [-0.39, 0.29) is 12.2 Å². The van der Waals surface area contributed by atoms with Gasteiger partial charge in [-0.25, -0.2) is 0 Å². The Bertz CT molecular complexity index is 779. The summed E-state index contributed by atoms with van der Waals surface area (Å²) < 4.78 is 12.3. The lowest BCUT2D eigenvalue weighted by molar-refractivity contribution is -0.137. The maximum atomic E-state index is 6.15. The fraction of sp³-hybridized carbons (Fsp3) is 0.600. The molecule has 1 saturated carbocycles. The highest BCUT2D eigenvalue weighted by Gasteiger charge is 2.23. The number of hydrogen-bond acceptors (Lipinski definition) is 2. The van der Waals surface area contributed by atoms with Gasteiger partial charge in [0.15, 0.2) is 0 Å². The summed E-state index contributed by atoms with van der Waals surface area (Å²) in [6, 6.07) is 18.2. The minimum absolute atomic E-state index is 0.0663. The van der Waals surface area contributed by atoms with E-state index in [2.05, 4.69) is 62.4 Å². The molecule has 2 aromatic rings. The minimum atomic E-state index is 0.0663. The maximum absolute atomic E-state index is 6.15. The average molecular weight is 435 g/mol. The zero-order valence-electron chi connectivity index (χ0n) is 20.2. The van der Waals surface area contributed by atoms with Crippen LogP contribution < -0.4 is 0 Å². The van der Waals surface area contributed by atoms with Crippen molar-refractivity contribution in [2.75, 3.05) is 13.2 Å². The molecule has 1 aliphatic heterocycles. The molecular weight excluding hydrogens is 392 g/mol. The van der Waals surface area contributed by atoms with Gasteiger partial charge in [0.1, 0.15) is 6.10 Å². The summed E-state index contributed by atoms with van der Waals surface area (Å²) >= 11 is 0. The molecule has 0 spiro atoms. The van der Waals surface area contributed by atoms with Gasteiger partial charge in [0.25, 0.3) is 0 Å². The molecule has 1 aliphatic carbocycles. The Kier molecular flexibility index (Phi) is 8.82. The van der Waals surface area contributed by atoms with E-state index in [0.717, 1.165) is 24.9 Å². The van der Waals surface area contributed by atoms with Gasteiger partial charge < -0.3 is 9.47 Å². The van der Waals surface area contributed by atoms with Crippen molar-refractivity contribution in [3.8, 4) is 11.1 Å². The minimum Gasteiger partial charge on any atom is -0.373 e. The van der Waals surface area contributed by atoms with Gasteiger partial charge in [-0.05, 0) is 66.2 Å². The normalized spacial score (nSPS) is 26.2. The molecule has 2 aromatic carbocycles. The van der Waals surface area contributed by atoms with E-state index in [0.29, 0.717) is 6.61 Å². The molecule has 2 atom stereocenters. The van der Waals surface area contributed by atoms with Crippen LogP contribution in [0.5, 0.6) is 0 Å². The van der Waals surface area contributed by atoms with Gasteiger partial charge in [0.05, 0.1) is 19.3 Å². The highest BCUT2D eigenvalue weighted by Crippen LogP contribution is 2.37. The molecule has 4 rings (SSSR count). The Morgan fingerprint density at radius 3 is 1.91 bits per heavy atom. The van der Waals surface area contributed by atoms with Gasteiger partial charge in [0, 0.05) is 0 Å².